The third-order valence-electron chi connectivity index (χ3n) is 3.43. The van der Waals surface area contributed by atoms with Crippen LogP contribution >= 0.6 is 0 Å². The van der Waals surface area contributed by atoms with Crippen LogP contribution in [0.15, 0.2) is 36.9 Å². The van der Waals surface area contributed by atoms with Gasteiger partial charge in [0.25, 0.3) is 0 Å². The molecule has 0 bridgehead atoms. The number of hydrogen-bond donors (Lipinski definition) is 1. The predicted molar refractivity (Wildman–Crippen MR) is 73.4 cm³/mol. The van der Waals surface area contributed by atoms with Crippen molar-refractivity contribution >= 4 is 5.69 Å². The molecule has 1 aliphatic rings. The van der Waals surface area contributed by atoms with Gasteiger partial charge in [0.2, 0.25) is 0 Å². The Labute approximate surface area is 112 Å². The fraction of sp³-hybridized carbons (Fsp3) is 0.429. The van der Waals surface area contributed by atoms with Gasteiger partial charge in [-0.2, -0.15) is 5.10 Å². The largest absolute Gasteiger partial charge is 0.380 e. The SMILES string of the molecule is CCOC1CC(Nc2ccccc2-n2cncn2)C1. The van der Waals surface area contributed by atoms with E-state index < -0.39 is 0 Å². The highest BCUT2D eigenvalue weighted by atomic mass is 16.5. The van der Waals surface area contributed by atoms with Gasteiger partial charge in [0.05, 0.1) is 17.5 Å². The first-order valence-corrected chi connectivity index (χ1v) is 6.69. The number of benzene rings is 1. The molecule has 2 aromatic rings. The van der Waals surface area contributed by atoms with Crippen LogP contribution in [0.2, 0.25) is 0 Å². The van der Waals surface area contributed by atoms with E-state index in [1.165, 1.54) is 0 Å². The molecule has 0 spiro atoms. The zero-order valence-corrected chi connectivity index (χ0v) is 11.0. The van der Waals surface area contributed by atoms with Gasteiger partial charge >= 0.3 is 0 Å². The van der Waals surface area contributed by atoms with E-state index in [0.717, 1.165) is 30.8 Å². The standard InChI is InChI=1S/C14H18N4O/c1-2-19-12-7-11(8-12)17-13-5-3-4-6-14(13)18-10-15-9-16-18/h3-6,9-12,17H,2,7-8H2,1H3. The Hall–Kier alpha value is -1.88. The number of nitrogens with one attached hydrogen (secondary N) is 1. The first kappa shape index (κ1) is 12.2. The average Bonchev–Trinajstić information content (AvgIpc) is 2.91. The van der Waals surface area contributed by atoms with E-state index in [9.17, 15) is 0 Å². The van der Waals surface area contributed by atoms with E-state index in [-0.39, 0.29) is 0 Å². The smallest absolute Gasteiger partial charge is 0.138 e. The van der Waals surface area contributed by atoms with Crippen molar-refractivity contribution in [2.45, 2.75) is 31.9 Å². The van der Waals surface area contributed by atoms with Gasteiger partial charge in [-0.1, -0.05) is 12.1 Å². The van der Waals surface area contributed by atoms with E-state index in [4.69, 9.17) is 4.74 Å². The summed E-state index contributed by atoms with van der Waals surface area (Å²) in [6.45, 7) is 2.84. The molecule has 0 saturated heterocycles. The molecule has 1 saturated carbocycles. The summed E-state index contributed by atoms with van der Waals surface area (Å²) < 4.78 is 7.36. The first-order chi connectivity index (χ1) is 9.36. The normalized spacial score (nSPS) is 21.9. The maximum atomic E-state index is 5.58. The number of rotatable bonds is 5. The summed E-state index contributed by atoms with van der Waals surface area (Å²) in [5.41, 5.74) is 2.12. The van der Waals surface area contributed by atoms with E-state index in [0.29, 0.717) is 12.1 Å². The van der Waals surface area contributed by atoms with Crippen LogP contribution in [0.4, 0.5) is 5.69 Å². The van der Waals surface area contributed by atoms with Gasteiger partial charge in [-0.25, -0.2) is 9.67 Å². The second-order valence-electron chi connectivity index (χ2n) is 4.75. The van der Waals surface area contributed by atoms with Gasteiger partial charge in [0.15, 0.2) is 0 Å². The molecule has 1 heterocycles. The van der Waals surface area contributed by atoms with Crippen molar-refractivity contribution in [3.05, 3.63) is 36.9 Å². The van der Waals surface area contributed by atoms with Crippen LogP contribution in [-0.4, -0.2) is 33.5 Å². The molecular formula is C14H18N4O. The Bertz CT molecular complexity index is 520. The molecule has 0 aliphatic heterocycles. The Morgan fingerprint density at radius 2 is 2.21 bits per heavy atom. The lowest BCUT2D eigenvalue weighted by Gasteiger charge is -2.36. The molecule has 1 N–H and O–H groups in total. The van der Waals surface area contributed by atoms with Crippen LogP contribution in [0.25, 0.3) is 5.69 Å². The molecular weight excluding hydrogens is 240 g/mol. The highest BCUT2D eigenvalue weighted by molar-refractivity contribution is 5.61. The lowest BCUT2D eigenvalue weighted by molar-refractivity contribution is 0.00299. The number of nitrogens with zero attached hydrogens (tertiary/aromatic N) is 3. The summed E-state index contributed by atoms with van der Waals surface area (Å²) >= 11 is 0. The zero-order valence-electron chi connectivity index (χ0n) is 11.0. The van der Waals surface area contributed by atoms with E-state index in [1.807, 2.05) is 25.1 Å². The van der Waals surface area contributed by atoms with Crippen LogP contribution < -0.4 is 5.32 Å². The number of ether oxygens (including phenoxy) is 1. The van der Waals surface area contributed by atoms with Gasteiger partial charge < -0.3 is 10.1 Å². The van der Waals surface area contributed by atoms with Crippen molar-refractivity contribution in [1.82, 2.24) is 14.8 Å². The van der Waals surface area contributed by atoms with E-state index >= 15 is 0 Å². The van der Waals surface area contributed by atoms with Crippen LogP contribution in [-0.2, 0) is 4.74 Å². The molecule has 0 atom stereocenters. The number of para-hydroxylation sites is 2. The minimum Gasteiger partial charge on any atom is -0.380 e. The first-order valence-electron chi connectivity index (χ1n) is 6.69. The molecule has 5 nitrogen and oxygen atoms in total. The summed E-state index contributed by atoms with van der Waals surface area (Å²) in [6.07, 6.45) is 5.82. The molecule has 100 valence electrons. The molecule has 3 rings (SSSR count). The third-order valence-corrected chi connectivity index (χ3v) is 3.43. The summed E-state index contributed by atoms with van der Waals surface area (Å²) in [4.78, 5) is 3.99. The topological polar surface area (TPSA) is 52.0 Å². The van der Waals surface area contributed by atoms with Gasteiger partial charge in [0.1, 0.15) is 12.7 Å². The summed E-state index contributed by atoms with van der Waals surface area (Å²) in [5.74, 6) is 0. The van der Waals surface area contributed by atoms with Crippen molar-refractivity contribution in [3.63, 3.8) is 0 Å². The molecule has 19 heavy (non-hydrogen) atoms. The number of anilines is 1. The second-order valence-corrected chi connectivity index (χ2v) is 4.75. The Balaban J connectivity index is 1.69. The zero-order chi connectivity index (χ0) is 13.1. The highest BCUT2D eigenvalue weighted by Crippen LogP contribution is 2.29. The van der Waals surface area contributed by atoms with Crippen molar-refractivity contribution in [1.29, 1.82) is 0 Å². The number of aromatic nitrogens is 3. The average molecular weight is 258 g/mol. The van der Waals surface area contributed by atoms with Crippen molar-refractivity contribution in [3.8, 4) is 5.69 Å². The Morgan fingerprint density at radius 1 is 1.37 bits per heavy atom. The second kappa shape index (κ2) is 5.40. The van der Waals surface area contributed by atoms with Crippen LogP contribution in [0.1, 0.15) is 19.8 Å². The van der Waals surface area contributed by atoms with Crippen LogP contribution in [0.3, 0.4) is 0 Å². The quantitative estimate of drug-likeness (QED) is 0.893. The molecule has 0 unspecified atom stereocenters. The highest BCUT2D eigenvalue weighted by Gasteiger charge is 2.29. The van der Waals surface area contributed by atoms with Crippen molar-refractivity contribution in [2.75, 3.05) is 11.9 Å². The molecule has 0 amide bonds. The van der Waals surface area contributed by atoms with E-state index in [2.05, 4.69) is 21.5 Å². The fourth-order valence-corrected chi connectivity index (χ4v) is 2.40. The van der Waals surface area contributed by atoms with Gasteiger partial charge in [-0.15, -0.1) is 0 Å². The predicted octanol–water partition coefficient (Wildman–Crippen LogP) is 2.25. The fourth-order valence-electron chi connectivity index (χ4n) is 2.40. The summed E-state index contributed by atoms with van der Waals surface area (Å²) in [5, 5.41) is 7.74. The minimum atomic E-state index is 0.418. The van der Waals surface area contributed by atoms with Gasteiger partial charge in [-0.05, 0) is 31.9 Å². The Morgan fingerprint density at radius 3 is 2.95 bits per heavy atom. The van der Waals surface area contributed by atoms with E-state index in [1.54, 1.807) is 17.3 Å². The maximum absolute atomic E-state index is 5.58. The molecule has 1 aromatic heterocycles. The maximum Gasteiger partial charge on any atom is 0.138 e. The summed E-state index contributed by atoms with van der Waals surface area (Å²) in [7, 11) is 0. The molecule has 1 aromatic carbocycles. The lowest BCUT2D eigenvalue weighted by atomic mass is 9.89. The molecule has 5 heteroatoms. The van der Waals surface area contributed by atoms with Crippen LogP contribution in [0.5, 0.6) is 0 Å². The van der Waals surface area contributed by atoms with Crippen LogP contribution in [0, 0.1) is 0 Å². The minimum absolute atomic E-state index is 0.418. The monoisotopic (exact) mass is 258 g/mol. The molecule has 1 aliphatic carbocycles. The molecule has 0 radical (unpaired) electrons. The van der Waals surface area contributed by atoms with Gasteiger partial charge in [0, 0.05) is 12.6 Å². The molecule has 1 fully saturated rings. The number of hydrogen-bond acceptors (Lipinski definition) is 4. The van der Waals surface area contributed by atoms with Crippen molar-refractivity contribution < 1.29 is 4.74 Å². The van der Waals surface area contributed by atoms with Gasteiger partial charge in [-0.3, -0.25) is 0 Å². The third kappa shape index (κ3) is 2.61. The lowest BCUT2D eigenvalue weighted by Crippen LogP contribution is -2.41. The Kier molecular flexibility index (Phi) is 3.46. The van der Waals surface area contributed by atoms with Crippen molar-refractivity contribution in [2.24, 2.45) is 0 Å². The summed E-state index contributed by atoms with van der Waals surface area (Å²) in [6, 6.07) is 8.63.